The van der Waals surface area contributed by atoms with Crippen LogP contribution in [-0.4, -0.2) is 38.0 Å². The van der Waals surface area contributed by atoms with Crippen LogP contribution in [-0.2, 0) is 9.47 Å². The third-order valence-corrected chi connectivity index (χ3v) is 5.44. The maximum atomic E-state index is 6.20. The molecule has 2 aliphatic heterocycles. The van der Waals surface area contributed by atoms with Crippen LogP contribution < -0.4 is 5.32 Å². The molecule has 2 heterocycles. The summed E-state index contributed by atoms with van der Waals surface area (Å²) in [6.07, 6.45) is 10.3. The topological polar surface area (TPSA) is 30.5 Å². The average molecular weight is 281 g/mol. The second-order valence-electron chi connectivity index (χ2n) is 7.14. The van der Waals surface area contributed by atoms with Gasteiger partial charge >= 0.3 is 0 Å². The molecule has 116 valence electrons. The average Bonchev–Trinajstić information content (AvgIpc) is 3.28. The van der Waals surface area contributed by atoms with E-state index < -0.39 is 0 Å². The van der Waals surface area contributed by atoms with Crippen molar-refractivity contribution in [3.63, 3.8) is 0 Å². The van der Waals surface area contributed by atoms with E-state index in [2.05, 4.69) is 12.2 Å². The van der Waals surface area contributed by atoms with Crippen LogP contribution in [0.5, 0.6) is 0 Å². The van der Waals surface area contributed by atoms with Crippen LogP contribution in [0.2, 0.25) is 0 Å². The van der Waals surface area contributed by atoms with Crippen LogP contribution in [0.15, 0.2) is 0 Å². The maximum absolute atomic E-state index is 6.20. The van der Waals surface area contributed by atoms with E-state index in [1.165, 1.54) is 45.1 Å². The standard InChI is InChI=1S/C17H31NO2/c1-2-8-18-16(12-14-3-4-14)15-5-9-20-17(13-15)6-10-19-11-7-17/h14-16,18H,2-13H2,1H3. The number of ether oxygens (including phenoxy) is 2. The van der Waals surface area contributed by atoms with Gasteiger partial charge in [0.1, 0.15) is 0 Å². The third kappa shape index (κ3) is 3.75. The smallest absolute Gasteiger partial charge is 0.0729 e. The summed E-state index contributed by atoms with van der Waals surface area (Å²) < 4.78 is 11.7. The minimum Gasteiger partial charge on any atom is -0.381 e. The van der Waals surface area contributed by atoms with Gasteiger partial charge in [-0.3, -0.25) is 0 Å². The van der Waals surface area contributed by atoms with E-state index in [-0.39, 0.29) is 5.60 Å². The highest BCUT2D eigenvalue weighted by Gasteiger charge is 2.42. The lowest BCUT2D eigenvalue weighted by Crippen LogP contribution is -2.49. The predicted octanol–water partition coefficient (Wildman–Crippen LogP) is 3.13. The molecule has 3 heteroatoms. The number of rotatable bonds is 6. The summed E-state index contributed by atoms with van der Waals surface area (Å²) in [6, 6.07) is 0.728. The van der Waals surface area contributed by atoms with Crippen molar-refractivity contribution in [2.45, 2.75) is 69.9 Å². The van der Waals surface area contributed by atoms with Gasteiger partial charge in [-0.1, -0.05) is 19.8 Å². The van der Waals surface area contributed by atoms with Crippen LogP contribution in [0.4, 0.5) is 0 Å². The van der Waals surface area contributed by atoms with Crippen LogP contribution in [0.25, 0.3) is 0 Å². The fourth-order valence-electron chi connectivity index (χ4n) is 3.99. The van der Waals surface area contributed by atoms with Gasteiger partial charge in [-0.2, -0.15) is 0 Å². The highest BCUT2D eigenvalue weighted by molar-refractivity contribution is 4.94. The van der Waals surface area contributed by atoms with Gasteiger partial charge in [0.15, 0.2) is 0 Å². The van der Waals surface area contributed by atoms with Crippen molar-refractivity contribution in [3.05, 3.63) is 0 Å². The van der Waals surface area contributed by atoms with Crippen LogP contribution in [0.3, 0.4) is 0 Å². The third-order valence-electron chi connectivity index (χ3n) is 5.44. The molecule has 3 rings (SSSR count). The second kappa shape index (κ2) is 6.76. The zero-order valence-corrected chi connectivity index (χ0v) is 13.0. The Morgan fingerprint density at radius 3 is 2.65 bits per heavy atom. The fourth-order valence-corrected chi connectivity index (χ4v) is 3.99. The Morgan fingerprint density at radius 2 is 1.95 bits per heavy atom. The van der Waals surface area contributed by atoms with E-state index in [0.29, 0.717) is 0 Å². The van der Waals surface area contributed by atoms with Gasteiger partial charge in [0, 0.05) is 25.9 Å². The largest absolute Gasteiger partial charge is 0.381 e. The normalized spacial score (nSPS) is 31.4. The highest BCUT2D eigenvalue weighted by atomic mass is 16.5. The summed E-state index contributed by atoms with van der Waals surface area (Å²) in [5.74, 6) is 1.83. The molecule has 0 aromatic rings. The van der Waals surface area contributed by atoms with E-state index in [0.717, 1.165) is 50.5 Å². The minimum absolute atomic E-state index is 0.150. The number of hydrogen-bond acceptors (Lipinski definition) is 3. The monoisotopic (exact) mass is 281 g/mol. The molecule has 1 N–H and O–H groups in total. The summed E-state index contributed by atoms with van der Waals surface area (Å²) >= 11 is 0. The Kier molecular flexibility index (Phi) is 5.00. The molecule has 2 atom stereocenters. The Morgan fingerprint density at radius 1 is 1.15 bits per heavy atom. The van der Waals surface area contributed by atoms with Crippen LogP contribution in [0.1, 0.15) is 58.3 Å². The molecular formula is C17H31NO2. The molecule has 3 fully saturated rings. The molecule has 2 saturated heterocycles. The lowest BCUT2D eigenvalue weighted by Gasteiger charge is -2.45. The van der Waals surface area contributed by atoms with Gasteiger partial charge < -0.3 is 14.8 Å². The Balaban J connectivity index is 1.59. The first-order valence-corrected chi connectivity index (χ1v) is 8.76. The number of nitrogens with one attached hydrogen (secondary N) is 1. The van der Waals surface area contributed by atoms with E-state index in [1.807, 2.05) is 0 Å². The lowest BCUT2D eigenvalue weighted by molar-refractivity contribution is -0.150. The fraction of sp³-hybridized carbons (Fsp3) is 1.00. The second-order valence-corrected chi connectivity index (χ2v) is 7.14. The molecular weight excluding hydrogens is 250 g/mol. The van der Waals surface area contributed by atoms with Gasteiger partial charge in [0.25, 0.3) is 0 Å². The van der Waals surface area contributed by atoms with Gasteiger partial charge in [-0.25, -0.2) is 0 Å². The summed E-state index contributed by atoms with van der Waals surface area (Å²) in [6.45, 7) is 6.18. The summed E-state index contributed by atoms with van der Waals surface area (Å²) in [7, 11) is 0. The van der Waals surface area contributed by atoms with Crippen LogP contribution >= 0.6 is 0 Å². The van der Waals surface area contributed by atoms with E-state index in [4.69, 9.17) is 9.47 Å². The summed E-state index contributed by atoms with van der Waals surface area (Å²) in [4.78, 5) is 0. The van der Waals surface area contributed by atoms with E-state index >= 15 is 0 Å². The maximum Gasteiger partial charge on any atom is 0.0729 e. The summed E-state index contributed by atoms with van der Waals surface area (Å²) in [5.41, 5.74) is 0.150. The van der Waals surface area contributed by atoms with Crippen molar-refractivity contribution in [1.29, 1.82) is 0 Å². The first-order chi connectivity index (χ1) is 9.81. The quantitative estimate of drug-likeness (QED) is 0.811. The highest BCUT2D eigenvalue weighted by Crippen LogP contribution is 2.41. The van der Waals surface area contributed by atoms with Gasteiger partial charge in [-0.05, 0) is 56.9 Å². The molecule has 3 nitrogen and oxygen atoms in total. The first-order valence-electron chi connectivity index (χ1n) is 8.76. The molecule has 0 aromatic carbocycles. The molecule has 1 saturated carbocycles. The zero-order chi connectivity index (χ0) is 13.8. The number of hydrogen-bond donors (Lipinski definition) is 1. The minimum atomic E-state index is 0.150. The zero-order valence-electron chi connectivity index (χ0n) is 13.0. The lowest BCUT2D eigenvalue weighted by atomic mass is 9.76. The molecule has 1 aliphatic carbocycles. The molecule has 2 unspecified atom stereocenters. The Bertz CT molecular complexity index is 292. The first kappa shape index (κ1) is 14.8. The van der Waals surface area contributed by atoms with Crippen molar-refractivity contribution in [2.75, 3.05) is 26.4 Å². The molecule has 3 aliphatic rings. The van der Waals surface area contributed by atoms with Crippen molar-refractivity contribution < 1.29 is 9.47 Å². The van der Waals surface area contributed by atoms with Crippen LogP contribution in [0, 0.1) is 11.8 Å². The molecule has 0 bridgehead atoms. The van der Waals surface area contributed by atoms with Crippen molar-refractivity contribution >= 4 is 0 Å². The molecule has 1 spiro atoms. The molecule has 0 amide bonds. The Labute approximate surface area is 123 Å². The van der Waals surface area contributed by atoms with Crippen molar-refractivity contribution in [1.82, 2.24) is 5.32 Å². The Hall–Kier alpha value is -0.120. The molecule has 0 aromatic heterocycles. The van der Waals surface area contributed by atoms with Crippen molar-refractivity contribution in [3.8, 4) is 0 Å². The van der Waals surface area contributed by atoms with Crippen molar-refractivity contribution in [2.24, 2.45) is 11.8 Å². The summed E-state index contributed by atoms with van der Waals surface area (Å²) in [5, 5.41) is 3.85. The van der Waals surface area contributed by atoms with Gasteiger partial charge in [0.05, 0.1) is 5.60 Å². The van der Waals surface area contributed by atoms with E-state index in [9.17, 15) is 0 Å². The van der Waals surface area contributed by atoms with E-state index in [1.54, 1.807) is 0 Å². The van der Waals surface area contributed by atoms with Gasteiger partial charge in [-0.15, -0.1) is 0 Å². The van der Waals surface area contributed by atoms with Gasteiger partial charge in [0.2, 0.25) is 0 Å². The SMILES string of the molecule is CCCNC(CC1CC1)C1CCOC2(CCOCC2)C1. The molecule has 20 heavy (non-hydrogen) atoms. The molecule has 0 radical (unpaired) electrons. The predicted molar refractivity (Wildman–Crippen MR) is 80.9 cm³/mol.